The Balaban J connectivity index is 1.74. The number of ether oxygens (including phenoxy) is 1. The maximum absolute atomic E-state index is 12.7. The van der Waals surface area contributed by atoms with Gasteiger partial charge in [-0.05, 0) is 24.3 Å². The summed E-state index contributed by atoms with van der Waals surface area (Å²) < 4.78 is 34.4. The molecule has 1 saturated heterocycles. The number of piperidine rings is 1. The zero-order chi connectivity index (χ0) is 14.9. The largest absolute Gasteiger partial charge is 0.494 e. The van der Waals surface area contributed by atoms with Crippen LogP contribution < -0.4 is 4.74 Å². The van der Waals surface area contributed by atoms with E-state index < -0.39 is 10.0 Å². The molecule has 3 rings (SSSR count). The summed E-state index contributed by atoms with van der Waals surface area (Å²) in [5, 5.41) is 1.74. The minimum absolute atomic E-state index is 0.297. The van der Waals surface area contributed by atoms with Crippen molar-refractivity contribution in [1.82, 2.24) is 13.9 Å². The van der Waals surface area contributed by atoms with Crippen molar-refractivity contribution in [3.05, 3.63) is 30.2 Å². The van der Waals surface area contributed by atoms with E-state index in [2.05, 4.69) is 9.55 Å². The predicted octanol–water partition coefficient (Wildman–Crippen LogP) is 1.98. The van der Waals surface area contributed by atoms with Gasteiger partial charge in [-0.2, -0.15) is 4.31 Å². The molecule has 0 atom stereocenters. The molecule has 0 aromatic carbocycles. The fourth-order valence-electron chi connectivity index (χ4n) is 2.61. The average Bonchev–Trinajstić information content (AvgIpc) is 3.18. The van der Waals surface area contributed by atoms with Gasteiger partial charge in [0.05, 0.1) is 13.4 Å². The van der Waals surface area contributed by atoms with Crippen LogP contribution in [0.2, 0.25) is 0 Å². The molecule has 0 saturated carbocycles. The van der Waals surface area contributed by atoms with Gasteiger partial charge in [0.25, 0.3) is 10.0 Å². The molecule has 2 aromatic rings. The molecule has 114 valence electrons. The lowest BCUT2D eigenvalue weighted by atomic mass is 10.1. The lowest BCUT2D eigenvalue weighted by Gasteiger charge is -2.31. The van der Waals surface area contributed by atoms with Crippen LogP contribution in [0, 0.1) is 0 Å². The zero-order valence-electron chi connectivity index (χ0n) is 11.7. The normalized spacial score (nSPS) is 18.0. The molecule has 1 aliphatic heterocycles. The molecule has 0 aliphatic carbocycles. The lowest BCUT2D eigenvalue weighted by Crippen LogP contribution is -2.38. The number of nitrogens with zero attached hydrogens (tertiary/aromatic N) is 3. The van der Waals surface area contributed by atoms with Gasteiger partial charge in [-0.25, -0.2) is 13.4 Å². The van der Waals surface area contributed by atoms with Gasteiger partial charge in [-0.3, -0.25) is 0 Å². The molecule has 6 nitrogen and oxygen atoms in total. The summed E-state index contributed by atoms with van der Waals surface area (Å²) in [6.45, 7) is 1.04. The van der Waals surface area contributed by atoms with E-state index in [4.69, 9.17) is 4.74 Å². The number of rotatable bonds is 4. The first-order valence-corrected chi connectivity index (χ1v) is 9.04. The van der Waals surface area contributed by atoms with Gasteiger partial charge in [-0.15, -0.1) is 11.3 Å². The SMILES string of the molecule is COc1ccsc1S(=O)(=O)N1CCC(n2ccnc2)CC1. The van der Waals surface area contributed by atoms with E-state index in [1.54, 1.807) is 28.3 Å². The average molecular weight is 327 g/mol. The van der Waals surface area contributed by atoms with E-state index in [9.17, 15) is 8.42 Å². The Morgan fingerprint density at radius 3 is 2.76 bits per heavy atom. The summed E-state index contributed by atoms with van der Waals surface area (Å²) in [5.74, 6) is 0.428. The van der Waals surface area contributed by atoms with Gasteiger partial charge in [0.15, 0.2) is 4.21 Å². The second-order valence-corrected chi connectivity index (χ2v) is 7.97. The number of aromatic nitrogens is 2. The Bertz CT molecular complexity index is 686. The first-order chi connectivity index (χ1) is 10.1. The van der Waals surface area contributed by atoms with Crippen LogP contribution in [0.3, 0.4) is 0 Å². The topological polar surface area (TPSA) is 64.4 Å². The highest BCUT2D eigenvalue weighted by Crippen LogP contribution is 2.34. The van der Waals surface area contributed by atoms with Crippen molar-refractivity contribution in [2.75, 3.05) is 20.2 Å². The summed E-state index contributed by atoms with van der Waals surface area (Å²) in [6, 6.07) is 2.01. The predicted molar refractivity (Wildman–Crippen MR) is 80.1 cm³/mol. The molecule has 0 amide bonds. The molecule has 0 bridgehead atoms. The van der Waals surface area contributed by atoms with Gasteiger partial charge in [0.2, 0.25) is 0 Å². The Kier molecular flexibility index (Phi) is 4.01. The van der Waals surface area contributed by atoms with Crippen LogP contribution in [0.25, 0.3) is 0 Å². The fourth-order valence-corrected chi connectivity index (χ4v) is 5.49. The summed E-state index contributed by atoms with van der Waals surface area (Å²) in [6.07, 6.45) is 7.06. The summed E-state index contributed by atoms with van der Waals surface area (Å²) >= 11 is 1.20. The molecule has 8 heteroatoms. The van der Waals surface area contributed by atoms with Crippen molar-refractivity contribution in [3.63, 3.8) is 0 Å². The zero-order valence-corrected chi connectivity index (χ0v) is 13.3. The number of sulfonamides is 1. The Morgan fingerprint density at radius 1 is 1.38 bits per heavy atom. The molecule has 1 aliphatic rings. The third-order valence-corrected chi connectivity index (χ3v) is 7.08. The molecule has 2 aromatic heterocycles. The van der Waals surface area contributed by atoms with Gasteiger partial charge < -0.3 is 9.30 Å². The third-order valence-electron chi connectivity index (χ3n) is 3.76. The molecule has 0 radical (unpaired) electrons. The molecule has 3 heterocycles. The summed E-state index contributed by atoms with van der Waals surface area (Å²) in [7, 11) is -1.96. The number of imidazole rings is 1. The molecule has 0 unspecified atom stereocenters. The highest BCUT2D eigenvalue weighted by Gasteiger charge is 2.32. The Labute approximate surface area is 128 Å². The quantitative estimate of drug-likeness (QED) is 0.861. The highest BCUT2D eigenvalue weighted by molar-refractivity contribution is 7.91. The maximum atomic E-state index is 12.7. The van der Waals surface area contributed by atoms with E-state index in [1.807, 2.05) is 6.20 Å². The fraction of sp³-hybridized carbons (Fsp3) is 0.462. The smallest absolute Gasteiger partial charge is 0.256 e. The maximum Gasteiger partial charge on any atom is 0.256 e. The molecule has 21 heavy (non-hydrogen) atoms. The van der Waals surface area contributed by atoms with Gasteiger partial charge in [0.1, 0.15) is 5.75 Å². The van der Waals surface area contributed by atoms with Crippen LogP contribution in [0.1, 0.15) is 18.9 Å². The second-order valence-electron chi connectivity index (χ2n) is 4.92. The van der Waals surface area contributed by atoms with Crippen molar-refractivity contribution in [2.45, 2.75) is 23.1 Å². The lowest BCUT2D eigenvalue weighted by molar-refractivity contribution is 0.273. The van der Waals surface area contributed by atoms with E-state index in [-0.39, 0.29) is 0 Å². The first kappa shape index (κ1) is 14.6. The molecule has 1 fully saturated rings. The van der Waals surface area contributed by atoms with Gasteiger partial charge in [0, 0.05) is 31.5 Å². The van der Waals surface area contributed by atoms with Crippen LogP contribution in [0.4, 0.5) is 0 Å². The van der Waals surface area contributed by atoms with E-state index >= 15 is 0 Å². The molecule has 0 N–H and O–H groups in total. The summed E-state index contributed by atoms with van der Waals surface area (Å²) in [5.41, 5.74) is 0. The van der Waals surface area contributed by atoms with Crippen molar-refractivity contribution in [1.29, 1.82) is 0 Å². The third kappa shape index (κ3) is 2.70. The minimum atomic E-state index is -3.45. The minimum Gasteiger partial charge on any atom is -0.494 e. The van der Waals surface area contributed by atoms with Crippen LogP contribution in [0.5, 0.6) is 5.75 Å². The second kappa shape index (κ2) is 5.78. The van der Waals surface area contributed by atoms with Crippen LogP contribution in [-0.4, -0.2) is 42.5 Å². The van der Waals surface area contributed by atoms with Crippen LogP contribution >= 0.6 is 11.3 Å². The Morgan fingerprint density at radius 2 is 2.14 bits per heavy atom. The van der Waals surface area contributed by atoms with Crippen molar-refractivity contribution in [2.24, 2.45) is 0 Å². The number of thiophene rings is 1. The molecular weight excluding hydrogens is 310 g/mol. The molecule has 0 spiro atoms. The van der Waals surface area contributed by atoms with Crippen molar-refractivity contribution in [3.8, 4) is 5.75 Å². The number of hydrogen-bond donors (Lipinski definition) is 0. The van der Waals surface area contributed by atoms with Crippen molar-refractivity contribution < 1.29 is 13.2 Å². The van der Waals surface area contributed by atoms with Gasteiger partial charge >= 0.3 is 0 Å². The molecular formula is C13H17N3O3S2. The standard InChI is InChI=1S/C13H17N3O3S2/c1-19-12-4-9-20-13(12)21(17,18)16-6-2-11(3-7-16)15-8-5-14-10-15/h4-5,8-11H,2-3,6-7H2,1H3. The number of hydrogen-bond acceptors (Lipinski definition) is 5. The van der Waals surface area contributed by atoms with E-state index in [1.165, 1.54) is 18.4 Å². The Hall–Kier alpha value is -1.38. The van der Waals surface area contributed by atoms with Gasteiger partial charge in [-0.1, -0.05) is 0 Å². The first-order valence-electron chi connectivity index (χ1n) is 6.72. The number of methoxy groups -OCH3 is 1. The van der Waals surface area contributed by atoms with Crippen LogP contribution in [-0.2, 0) is 10.0 Å². The van der Waals surface area contributed by atoms with E-state index in [0.717, 1.165) is 12.8 Å². The van der Waals surface area contributed by atoms with E-state index in [0.29, 0.717) is 29.1 Å². The van der Waals surface area contributed by atoms with Crippen molar-refractivity contribution >= 4 is 21.4 Å². The van der Waals surface area contributed by atoms with Crippen LogP contribution in [0.15, 0.2) is 34.4 Å². The highest BCUT2D eigenvalue weighted by atomic mass is 32.2. The summed E-state index contributed by atoms with van der Waals surface area (Å²) in [4.78, 5) is 4.04. The monoisotopic (exact) mass is 327 g/mol.